The zero-order valence-corrected chi connectivity index (χ0v) is 13.3. The first-order valence-electron chi connectivity index (χ1n) is 7.17. The maximum absolute atomic E-state index is 12.4. The van der Waals surface area contributed by atoms with Gasteiger partial charge in [-0.1, -0.05) is 0 Å². The molecule has 2 heterocycles. The highest BCUT2D eigenvalue weighted by Crippen LogP contribution is 2.27. The highest BCUT2D eigenvalue weighted by Gasteiger charge is 2.34. The summed E-state index contributed by atoms with van der Waals surface area (Å²) < 4.78 is 12.5. The number of aromatic nitrogens is 1. The van der Waals surface area contributed by atoms with Crippen molar-refractivity contribution in [3.8, 4) is 0 Å². The predicted molar refractivity (Wildman–Crippen MR) is 78.9 cm³/mol. The largest absolute Gasteiger partial charge is 0.477 e. The molecule has 1 fully saturated rings. The summed E-state index contributed by atoms with van der Waals surface area (Å²) in [5, 5.41) is 9.15. The lowest BCUT2D eigenvalue weighted by molar-refractivity contribution is -0.0346. The first kappa shape index (κ1) is 16.4. The van der Waals surface area contributed by atoms with Crippen LogP contribution >= 0.6 is 0 Å². The molecular weight excluding hydrogens is 288 g/mol. The van der Waals surface area contributed by atoms with Gasteiger partial charge in [-0.2, -0.15) is 0 Å². The van der Waals surface area contributed by atoms with Crippen molar-refractivity contribution in [1.29, 1.82) is 0 Å². The third kappa shape index (κ3) is 3.41. The van der Waals surface area contributed by atoms with Gasteiger partial charge in [0, 0.05) is 19.3 Å². The summed E-state index contributed by atoms with van der Waals surface area (Å²) in [7, 11) is 1.67. The minimum Gasteiger partial charge on any atom is -0.477 e. The third-order valence-corrected chi connectivity index (χ3v) is 3.48. The Morgan fingerprint density at radius 1 is 1.36 bits per heavy atom. The first-order valence-corrected chi connectivity index (χ1v) is 7.17. The molecule has 1 aromatic heterocycles. The molecular formula is C15H22N2O5. The van der Waals surface area contributed by atoms with E-state index in [1.165, 1.54) is 6.07 Å². The van der Waals surface area contributed by atoms with Crippen LogP contribution in [0.3, 0.4) is 0 Å². The number of carboxylic acid groups (broad SMARTS) is 1. The molecule has 0 saturated carbocycles. The summed E-state index contributed by atoms with van der Waals surface area (Å²) in [5.74, 6) is -1.01. The average Bonchev–Trinajstić information content (AvgIpc) is 2.78. The number of amides is 1. The van der Waals surface area contributed by atoms with Gasteiger partial charge in [-0.15, -0.1) is 0 Å². The number of aromatic carboxylic acids is 1. The van der Waals surface area contributed by atoms with Crippen LogP contribution in [0.5, 0.6) is 0 Å². The molecule has 1 aliphatic rings. The van der Waals surface area contributed by atoms with E-state index < -0.39 is 17.7 Å². The minimum absolute atomic E-state index is 0.171. The van der Waals surface area contributed by atoms with E-state index in [-0.39, 0.29) is 11.7 Å². The minimum atomic E-state index is -1.01. The van der Waals surface area contributed by atoms with Crippen molar-refractivity contribution in [2.45, 2.75) is 32.4 Å². The Morgan fingerprint density at radius 2 is 2.05 bits per heavy atom. The highest BCUT2D eigenvalue weighted by molar-refractivity contribution is 5.86. The van der Waals surface area contributed by atoms with E-state index in [4.69, 9.17) is 14.6 Å². The SMILES string of the molecule is Cn1c(C(=O)O)ccc1C1COCCN1C(=O)OC(C)(C)C. The van der Waals surface area contributed by atoms with Crippen LogP contribution in [0.2, 0.25) is 0 Å². The second-order valence-corrected chi connectivity index (χ2v) is 6.27. The average molecular weight is 310 g/mol. The molecule has 1 N–H and O–H groups in total. The fraction of sp³-hybridized carbons (Fsp3) is 0.600. The molecule has 7 heteroatoms. The molecule has 0 aromatic carbocycles. The third-order valence-electron chi connectivity index (χ3n) is 3.48. The molecule has 0 radical (unpaired) electrons. The Labute approximate surface area is 129 Å². The van der Waals surface area contributed by atoms with Crippen LogP contribution < -0.4 is 0 Å². The molecule has 1 unspecified atom stereocenters. The molecule has 0 spiro atoms. The Morgan fingerprint density at radius 3 is 2.59 bits per heavy atom. The number of hydrogen-bond acceptors (Lipinski definition) is 4. The fourth-order valence-electron chi connectivity index (χ4n) is 2.46. The quantitative estimate of drug-likeness (QED) is 0.904. The van der Waals surface area contributed by atoms with Gasteiger partial charge in [-0.05, 0) is 32.9 Å². The molecule has 1 aliphatic heterocycles. The summed E-state index contributed by atoms with van der Waals surface area (Å²) in [6, 6.07) is 2.88. The van der Waals surface area contributed by atoms with Gasteiger partial charge in [0.05, 0.1) is 19.3 Å². The zero-order chi connectivity index (χ0) is 16.5. The topological polar surface area (TPSA) is 81.0 Å². The number of rotatable bonds is 2. The number of ether oxygens (including phenoxy) is 2. The smallest absolute Gasteiger partial charge is 0.411 e. The summed E-state index contributed by atoms with van der Waals surface area (Å²) >= 11 is 0. The van der Waals surface area contributed by atoms with E-state index in [9.17, 15) is 9.59 Å². The van der Waals surface area contributed by atoms with E-state index in [0.29, 0.717) is 25.5 Å². The predicted octanol–water partition coefficient (Wildman–Crippen LogP) is 2.03. The van der Waals surface area contributed by atoms with Crippen LogP contribution in [0.4, 0.5) is 4.79 Å². The summed E-state index contributed by atoms with van der Waals surface area (Å²) in [5.41, 5.74) is 0.299. The van der Waals surface area contributed by atoms with Crippen molar-refractivity contribution in [2.75, 3.05) is 19.8 Å². The van der Waals surface area contributed by atoms with E-state index in [1.54, 1.807) is 22.6 Å². The lowest BCUT2D eigenvalue weighted by Gasteiger charge is -2.36. The number of carbonyl (C=O) groups is 2. The molecule has 22 heavy (non-hydrogen) atoms. The Balaban J connectivity index is 2.27. The Hall–Kier alpha value is -2.02. The van der Waals surface area contributed by atoms with Crippen LogP contribution in [0.1, 0.15) is 43.0 Å². The molecule has 1 saturated heterocycles. The molecule has 0 bridgehead atoms. The van der Waals surface area contributed by atoms with E-state index in [1.807, 2.05) is 20.8 Å². The van der Waals surface area contributed by atoms with Gasteiger partial charge in [-0.3, -0.25) is 4.90 Å². The van der Waals surface area contributed by atoms with Crippen LogP contribution in [-0.2, 0) is 16.5 Å². The highest BCUT2D eigenvalue weighted by atomic mass is 16.6. The van der Waals surface area contributed by atoms with Crippen molar-refractivity contribution < 1.29 is 24.2 Å². The summed E-state index contributed by atoms with van der Waals surface area (Å²) in [6.45, 7) is 6.59. The van der Waals surface area contributed by atoms with Gasteiger partial charge in [0.1, 0.15) is 11.3 Å². The summed E-state index contributed by atoms with van der Waals surface area (Å²) in [4.78, 5) is 25.1. The molecule has 7 nitrogen and oxygen atoms in total. The normalized spacial score (nSPS) is 19.1. The second kappa shape index (κ2) is 6.00. The number of carbonyl (C=O) groups excluding carboxylic acids is 1. The Kier molecular flexibility index (Phi) is 4.46. The van der Waals surface area contributed by atoms with Crippen molar-refractivity contribution in [2.24, 2.45) is 7.05 Å². The second-order valence-electron chi connectivity index (χ2n) is 6.27. The zero-order valence-electron chi connectivity index (χ0n) is 13.3. The van der Waals surface area contributed by atoms with E-state index in [2.05, 4.69) is 0 Å². The fourth-order valence-corrected chi connectivity index (χ4v) is 2.46. The molecule has 122 valence electrons. The standard InChI is InChI=1S/C15H22N2O5/c1-15(2,3)22-14(20)17-7-8-21-9-12(17)10-5-6-11(13(18)19)16(10)4/h5-6,12H,7-9H2,1-4H3,(H,18,19). The molecule has 1 atom stereocenters. The van der Waals surface area contributed by atoms with E-state index in [0.717, 1.165) is 0 Å². The number of hydrogen-bond donors (Lipinski definition) is 1. The van der Waals surface area contributed by atoms with E-state index >= 15 is 0 Å². The maximum Gasteiger partial charge on any atom is 0.411 e. The van der Waals surface area contributed by atoms with Crippen LogP contribution in [-0.4, -0.2) is 52.0 Å². The number of morpholine rings is 1. The van der Waals surface area contributed by atoms with Crippen LogP contribution in [0, 0.1) is 0 Å². The van der Waals surface area contributed by atoms with Gasteiger partial charge in [-0.25, -0.2) is 9.59 Å². The van der Waals surface area contributed by atoms with Crippen LogP contribution in [0.15, 0.2) is 12.1 Å². The molecule has 2 rings (SSSR count). The number of nitrogens with zero attached hydrogens (tertiary/aromatic N) is 2. The first-order chi connectivity index (χ1) is 10.2. The molecule has 1 aromatic rings. The van der Waals surface area contributed by atoms with Crippen molar-refractivity contribution >= 4 is 12.1 Å². The van der Waals surface area contributed by atoms with Crippen molar-refractivity contribution in [3.63, 3.8) is 0 Å². The van der Waals surface area contributed by atoms with Gasteiger partial charge in [0.15, 0.2) is 0 Å². The van der Waals surface area contributed by atoms with Gasteiger partial charge >= 0.3 is 12.1 Å². The van der Waals surface area contributed by atoms with Gasteiger partial charge in [0.2, 0.25) is 0 Å². The van der Waals surface area contributed by atoms with Crippen LogP contribution in [0.25, 0.3) is 0 Å². The van der Waals surface area contributed by atoms with Gasteiger partial charge in [0.25, 0.3) is 0 Å². The monoisotopic (exact) mass is 310 g/mol. The van der Waals surface area contributed by atoms with Gasteiger partial charge < -0.3 is 19.1 Å². The lowest BCUT2D eigenvalue weighted by Crippen LogP contribution is -2.46. The maximum atomic E-state index is 12.4. The van der Waals surface area contributed by atoms with Crippen molar-refractivity contribution in [3.05, 3.63) is 23.5 Å². The molecule has 1 amide bonds. The van der Waals surface area contributed by atoms with Crippen molar-refractivity contribution in [1.82, 2.24) is 9.47 Å². The number of carboxylic acids is 1. The summed E-state index contributed by atoms with van der Waals surface area (Å²) in [6.07, 6.45) is -0.418. The lowest BCUT2D eigenvalue weighted by atomic mass is 10.1. The Bertz CT molecular complexity index is 573. The molecule has 0 aliphatic carbocycles.